The molecule has 15 heteroatoms. The zero-order chi connectivity index (χ0) is 30.1. The summed E-state index contributed by atoms with van der Waals surface area (Å²) in [5, 5.41) is 10.2. The minimum atomic E-state index is -4.00. The van der Waals surface area contributed by atoms with Crippen molar-refractivity contribution in [1.82, 2.24) is 18.8 Å². The van der Waals surface area contributed by atoms with Gasteiger partial charge in [0.1, 0.15) is 11.9 Å². The second kappa shape index (κ2) is 12.0. The van der Waals surface area contributed by atoms with Gasteiger partial charge in [-0.1, -0.05) is 18.5 Å². The van der Waals surface area contributed by atoms with E-state index < -0.39 is 38.1 Å². The van der Waals surface area contributed by atoms with Crippen molar-refractivity contribution in [2.75, 3.05) is 31.5 Å². The van der Waals surface area contributed by atoms with E-state index in [2.05, 4.69) is 9.71 Å². The van der Waals surface area contributed by atoms with Gasteiger partial charge in [-0.25, -0.2) is 21.8 Å². The monoisotopic (exact) mass is 625 g/mol. The Bertz CT molecular complexity index is 1630. The Morgan fingerprint density at radius 3 is 2.49 bits per heavy atom. The molecule has 0 spiro atoms. The molecular weight excluding hydrogens is 594 g/mol. The third-order valence-electron chi connectivity index (χ3n) is 6.83. The molecule has 1 amide bonds. The quantitative estimate of drug-likeness (QED) is 0.368. The molecule has 2 aromatic carbocycles. The van der Waals surface area contributed by atoms with Gasteiger partial charge in [0.05, 0.1) is 36.0 Å². The number of imidazole rings is 1. The molecule has 0 unspecified atom stereocenters. The topological polar surface area (TPSA) is 151 Å². The van der Waals surface area contributed by atoms with Gasteiger partial charge < -0.3 is 19.3 Å². The number of anilines is 1. The number of ether oxygens (including phenoxy) is 1. The molecular formula is C26H32ClN5O7S2. The van der Waals surface area contributed by atoms with Crippen molar-refractivity contribution in [1.29, 1.82) is 0 Å². The van der Waals surface area contributed by atoms with E-state index in [4.69, 9.17) is 16.3 Å². The summed E-state index contributed by atoms with van der Waals surface area (Å²) < 4.78 is 63.6. The number of carbonyl (C=O) groups is 1. The van der Waals surface area contributed by atoms with Crippen LogP contribution in [0.3, 0.4) is 0 Å². The number of nitrogens with one attached hydrogen (secondary N) is 1. The van der Waals surface area contributed by atoms with Crippen LogP contribution in [0, 0.1) is 5.92 Å². The fraction of sp³-hybridized carbons (Fsp3) is 0.385. The van der Waals surface area contributed by atoms with E-state index in [0.717, 1.165) is 4.31 Å². The maximum absolute atomic E-state index is 13.7. The average Bonchev–Trinajstić information content (AvgIpc) is 3.37. The molecule has 222 valence electrons. The molecule has 0 radical (unpaired) electrons. The first-order chi connectivity index (χ1) is 19.2. The number of benzene rings is 2. The predicted molar refractivity (Wildman–Crippen MR) is 153 cm³/mol. The molecule has 0 bridgehead atoms. The van der Waals surface area contributed by atoms with E-state index in [1.165, 1.54) is 71.5 Å². The van der Waals surface area contributed by atoms with E-state index in [1.54, 1.807) is 14.0 Å². The van der Waals surface area contributed by atoms with Crippen LogP contribution in [-0.2, 0) is 27.1 Å². The highest BCUT2D eigenvalue weighted by Gasteiger charge is 2.36. The molecule has 0 saturated carbocycles. The van der Waals surface area contributed by atoms with Crippen LogP contribution in [0.1, 0.15) is 24.2 Å². The van der Waals surface area contributed by atoms with Crippen molar-refractivity contribution in [3.63, 3.8) is 0 Å². The Balaban J connectivity index is 1.68. The van der Waals surface area contributed by atoms with E-state index in [1.807, 2.05) is 6.92 Å². The minimum absolute atomic E-state index is 0.0159. The first-order valence-electron chi connectivity index (χ1n) is 12.7. The highest BCUT2D eigenvalue weighted by molar-refractivity contribution is 7.92. The van der Waals surface area contributed by atoms with Gasteiger partial charge >= 0.3 is 0 Å². The zero-order valence-corrected chi connectivity index (χ0v) is 25.3. The Kier molecular flexibility index (Phi) is 8.99. The number of amides is 1. The van der Waals surface area contributed by atoms with Crippen LogP contribution >= 0.6 is 11.6 Å². The van der Waals surface area contributed by atoms with Crippen molar-refractivity contribution < 1.29 is 31.5 Å². The summed E-state index contributed by atoms with van der Waals surface area (Å²) in [6.45, 7) is 3.31. The summed E-state index contributed by atoms with van der Waals surface area (Å²) in [6, 6.07) is 9.34. The predicted octanol–water partition coefficient (Wildman–Crippen LogP) is 2.42. The Morgan fingerprint density at radius 1 is 1.20 bits per heavy atom. The third kappa shape index (κ3) is 6.67. The number of halogens is 1. The summed E-state index contributed by atoms with van der Waals surface area (Å²) in [7, 11) is -4.83. The number of carbonyl (C=O) groups excluding carboxylic acids is 1. The van der Waals surface area contributed by atoms with Gasteiger partial charge in [0.25, 0.3) is 26.0 Å². The average molecular weight is 626 g/mol. The lowest BCUT2D eigenvalue weighted by atomic mass is 9.99. The number of sulfonamides is 2. The molecule has 0 aliphatic carbocycles. The molecule has 41 heavy (non-hydrogen) atoms. The van der Waals surface area contributed by atoms with E-state index in [0.29, 0.717) is 5.02 Å². The number of aliphatic hydroxyl groups is 1. The first kappa shape index (κ1) is 30.8. The van der Waals surface area contributed by atoms with Crippen LogP contribution in [0.2, 0.25) is 5.02 Å². The van der Waals surface area contributed by atoms with Gasteiger partial charge in [-0.3, -0.25) is 9.52 Å². The number of fused-ring (bicyclic) bond motifs is 1. The summed E-state index contributed by atoms with van der Waals surface area (Å²) in [5.74, 6) is -0.654. The number of aromatic nitrogens is 2. The summed E-state index contributed by atoms with van der Waals surface area (Å²) >= 11 is 5.88. The number of hydrogen-bond donors (Lipinski definition) is 2. The standard InChI is InChI=1S/C26H32ClN5O7S2/c1-17-12-32(18(2)15-33)26(34)22-11-20(29-40(35,36)21-8-5-19(27)6-9-21)7-10-23(22)39-24(17)13-31(4)41(37,38)25-14-30(3)16-28-25/h5-11,14,16-18,24,29,33H,12-13,15H2,1-4H3/t17-,18-,24+/m0/s1. The van der Waals surface area contributed by atoms with E-state index >= 15 is 0 Å². The Morgan fingerprint density at radius 2 is 1.88 bits per heavy atom. The highest BCUT2D eigenvalue weighted by atomic mass is 35.5. The molecule has 1 aromatic heterocycles. The highest BCUT2D eigenvalue weighted by Crippen LogP contribution is 2.32. The lowest BCUT2D eigenvalue weighted by Crippen LogP contribution is -2.50. The maximum Gasteiger partial charge on any atom is 0.261 e. The fourth-order valence-electron chi connectivity index (χ4n) is 4.37. The van der Waals surface area contributed by atoms with Crippen molar-refractivity contribution in [3.05, 3.63) is 65.6 Å². The van der Waals surface area contributed by atoms with Gasteiger partial charge in [0, 0.05) is 43.5 Å². The van der Waals surface area contributed by atoms with Gasteiger partial charge in [-0.15, -0.1) is 0 Å². The number of aliphatic hydroxyl groups excluding tert-OH is 1. The van der Waals surface area contributed by atoms with Crippen molar-refractivity contribution >= 4 is 43.2 Å². The van der Waals surface area contributed by atoms with Gasteiger partial charge in [-0.05, 0) is 49.4 Å². The van der Waals surface area contributed by atoms with Crippen LogP contribution in [-0.4, -0.2) is 85.5 Å². The van der Waals surface area contributed by atoms with Crippen LogP contribution in [0.15, 0.2) is 64.9 Å². The molecule has 0 fully saturated rings. The summed E-state index contributed by atoms with van der Waals surface area (Å²) in [4.78, 5) is 19.1. The lowest BCUT2D eigenvalue weighted by molar-refractivity contribution is 0.0387. The third-order valence-corrected chi connectivity index (χ3v) is 10.2. The van der Waals surface area contributed by atoms with Gasteiger partial charge in [-0.2, -0.15) is 4.31 Å². The molecule has 3 aromatic rings. The van der Waals surface area contributed by atoms with Crippen LogP contribution in [0.4, 0.5) is 5.69 Å². The molecule has 2 N–H and O–H groups in total. The SMILES string of the molecule is C[C@H]1CN([C@@H](C)CO)C(=O)c2cc(NS(=O)(=O)c3ccc(Cl)cc3)ccc2O[C@@H]1CN(C)S(=O)(=O)c1cn(C)cn1. The number of nitrogens with zero attached hydrogens (tertiary/aromatic N) is 4. The second-order valence-electron chi connectivity index (χ2n) is 10.1. The van der Waals surface area contributed by atoms with Gasteiger partial charge in [0.2, 0.25) is 0 Å². The second-order valence-corrected chi connectivity index (χ2v) is 14.2. The van der Waals surface area contributed by atoms with Crippen molar-refractivity contribution in [2.24, 2.45) is 13.0 Å². The number of likely N-dealkylation sites (N-methyl/N-ethyl adjacent to an activating group) is 1. The van der Waals surface area contributed by atoms with Crippen LogP contribution in [0.25, 0.3) is 0 Å². The molecule has 3 atom stereocenters. The molecule has 1 aliphatic heterocycles. The number of aryl methyl sites for hydroxylation is 1. The largest absolute Gasteiger partial charge is 0.488 e. The summed E-state index contributed by atoms with van der Waals surface area (Å²) in [6.07, 6.45) is 2.10. The Hall–Kier alpha value is -3.17. The van der Waals surface area contributed by atoms with Gasteiger partial charge in [0.15, 0.2) is 5.03 Å². The molecule has 0 saturated heterocycles. The smallest absolute Gasteiger partial charge is 0.261 e. The summed E-state index contributed by atoms with van der Waals surface area (Å²) in [5.41, 5.74) is 0.181. The van der Waals surface area contributed by atoms with Crippen molar-refractivity contribution in [2.45, 2.75) is 35.9 Å². The van der Waals surface area contributed by atoms with E-state index in [-0.39, 0.29) is 52.5 Å². The van der Waals surface area contributed by atoms with Crippen LogP contribution < -0.4 is 9.46 Å². The zero-order valence-electron chi connectivity index (χ0n) is 22.9. The molecule has 12 nitrogen and oxygen atoms in total. The Labute approximate surface area is 244 Å². The minimum Gasteiger partial charge on any atom is -0.488 e. The first-order valence-corrected chi connectivity index (χ1v) is 16.0. The van der Waals surface area contributed by atoms with Crippen molar-refractivity contribution in [3.8, 4) is 5.75 Å². The lowest BCUT2D eigenvalue weighted by Gasteiger charge is -2.38. The number of hydrogen-bond acceptors (Lipinski definition) is 8. The normalized spacial score (nSPS) is 18.8. The molecule has 2 heterocycles. The molecule has 1 aliphatic rings. The van der Waals surface area contributed by atoms with Crippen LogP contribution in [0.5, 0.6) is 5.75 Å². The fourth-order valence-corrected chi connectivity index (χ4v) is 6.68. The van der Waals surface area contributed by atoms with E-state index in [9.17, 15) is 26.7 Å². The number of rotatable bonds is 9. The maximum atomic E-state index is 13.7. The molecule has 4 rings (SSSR count).